The maximum Gasteiger partial charge on any atom is 0.225 e. The minimum atomic E-state index is -3.50. The van der Waals surface area contributed by atoms with Crippen molar-refractivity contribution in [2.24, 2.45) is 0 Å². The van der Waals surface area contributed by atoms with Gasteiger partial charge in [0, 0.05) is 30.3 Å². The number of sulfone groups is 1. The van der Waals surface area contributed by atoms with Gasteiger partial charge in [0.1, 0.15) is 11.5 Å². The number of methoxy groups -OCH3 is 2. The van der Waals surface area contributed by atoms with E-state index in [0.29, 0.717) is 17.2 Å². The predicted octanol–water partition coefficient (Wildman–Crippen LogP) is 2.81. The summed E-state index contributed by atoms with van der Waals surface area (Å²) in [6.45, 7) is 1.88. The van der Waals surface area contributed by atoms with E-state index in [-0.39, 0.29) is 17.1 Å². The second kappa shape index (κ2) is 8.02. The van der Waals surface area contributed by atoms with Crippen LogP contribution < -0.4 is 14.8 Å². The Labute approximate surface area is 147 Å². The number of amides is 1. The predicted molar refractivity (Wildman–Crippen MR) is 96.0 cm³/mol. The number of hydrogen-bond acceptors (Lipinski definition) is 5. The molecule has 134 valence electrons. The Morgan fingerprint density at radius 3 is 2.08 bits per heavy atom. The van der Waals surface area contributed by atoms with Crippen molar-refractivity contribution < 1.29 is 22.7 Å². The van der Waals surface area contributed by atoms with Gasteiger partial charge in [-0.15, -0.1) is 0 Å². The topological polar surface area (TPSA) is 81.7 Å². The SMILES string of the molecule is COc1cc(NC(=O)CCS(=O)(=O)c2ccc(C)cc2)cc(OC)c1. The van der Waals surface area contributed by atoms with Gasteiger partial charge in [-0.1, -0.05) is 17.7 Å². The molecule has 0 aliphatic carbocycles. The minimum absolute atomic E-state index is 0.143. The number of carbonyl (C=O) groups excluding carboxylic acids is 1. The van der Waals surface area contributed by atoms with Crippen LogP contribution in [0.2, 0.25) is 0 Å². The molecule has 0 aliphatic heterocycles. The van der Waals surface area contributed by atoms with E-state index in [2.05, 4.69) is 5.32 Å². The van der Waals surface area contributed by atoms with Gasteiger partial charge in [0.05, 0.1) is 24.9 Å². The molecule has 0 heterocycles. The van der Waals surface area contributed by atoms with Crippen LogP contribution in [0.3, 0.4) is 0 Å². The molecule has 2 aromatic rings. The lowest BCUT2D eigenvalue weighted by Gasteiger charge is -2.10. The number of aryl methyl sites for hydroxylation is 1. The molecule has 0 fully saturated rings. The van der Waals surface area contributed by atoms with Gasteiger partial charge in [0.15, 0.2) is 9.84 Å². The molecule has 6 nitrogen and oxygen atoms in total. The van der Waals surface area contributed by atoms with Crippen molar-refractivity contribution in [2.75, 3.05) is 25.3 Å². The summed E-state index contributed by atoms with van der Waals surface area (Å²) in [6, 6.07) is 11.5. The quantitative estimate of drug-likeness (QED) is 0.818. The second-order valence-corrected chi connectivity index (χ2v) is 7.64. The zero-order valence-corrected chi connectivity index (χ0v) is 15.2. The average Bonchev–Trinajstić information content (AvgIpc) is 2.60. The molecule has 1 amide bonds. The molecule has 0 aromatic heterocycles. The first-order chi connectivity index (χ1) is 11.8. The molecule has 0 bridgehead atoms. The lowest BCUT2D eigenvalue weighted by atomic mass is 10.2. The first kappa shape index (κ1) is 18.8. The third kappa shape index (κ3) is 5.22. The third-order valence-electron chi connectivity index (χ3n) is 3.61. The van der Waals surface area contributed by atoms with Crippen LogP contribution in [0.5, 0.6) is 11.5 Å². The van der Waals surface area contributed by atoms with E-state index in [0.717, 1.165) is 5.56 Å². The van der Waals surface area contributed by atoms with Gasteiger partial charge in [-0.25, -0.2) is 8.42 Å². The fourth-order valence-corrected chi connectivity index (χ4v) is 3.43. The fraction of sp³-hybridized carbons (Fsp3) is 0.278. The van der Waals surface area contributed by atoms with Crippen molar-refractivity contribution in [2.45, 2.75) is 18.2 Å². The Bertz CT molecular complexity index is 822. The first-order valence-electron chi connectivity index (χ1n) is 7.66. The Hall–Kier alpha value is -2.54. The van der Waals surface area contributed by atoms with Crippen LogP contribution >= 0.6 is 0 Å². The van der Waals surface area contributed by atoms with Crippen molar-refractivity contribution in [1.82, 2.24) is 0 Å². The molecule has 25 heavy (non-hydrogen) atoms. The van der Waals surface area contributed by atoms with Crippen LogP contribution in [0.15, 0.2) is 47.4 Å². The van der Waals surface area contributed by atoms with Crippen molar-refractivity contribution in [3.05, 3.63) is 48.0 Å². The summed E-state index contributed by atoms with van der Waals surface area (Å²) in [5.41, 5.74) is 1.46. The molecule has 7 heteroatoms. The number of anilines is 1. The van der Waals surface area contributed by atoms with E-state index >= 15 is 0 Å². The zero-order valence-electron chi connectivity index (χ0n) is 14.4. The normalized spacial score (nSPS) is 11.0. The molecule has 0 atom stereocenters. The average molecular weight is 363 g/mol. The maximum absolute atomic E-state index is 12.3. The summed E-state index contributed by atoms with van der Waals surface area (Å²) in [7, 11) is -0.483. The van der Waals surface area contributed by atoms with Crippen molar-refractivity contribution in [1.29, 1.82) is 0 Å². The highest BCUT2D eigenvalue weighted by Crippen LogP contribution is 2.26. The molecule has 0 saturated heterocycles. The van der Waals surface area contributed by atoms with E-state index in [1.807, 2.05) is 6.92 Å². The van der Waals surface area contributed by atoms with E-state index in [1.54, 1.807) is 42.5 Å². The van der Waals surface area contributed by atoms with E-state index in [1.165, 1.54) is 14.2 Å². The van der Waals surface area contributed by atoms with Gasteiger partial charge < -0.3 is 14.8 Å². The smallest absolute Gasteiger partial charge is 0.225 e. The molecule has 1 N–H and O–H groups in total. The second-order valence-electron chi connectivity index (χ2n) is 5.53. The van der Waals surface area contributed by atoms with Gasteiger partial charge in [-0.2, -0.15) is 0 Å². The Morgan fingerprint density at radius 1 is 1.00 bits per heavy atom. The van der Waals surface area contributed by atoms with E-state index in [9.17, 15) is 13.2 Å². The summed E-state index contributed by atoms with van der Waals surface area (Å²) in [5.74, 6) is 0.401. The van der Waals surface area contributed by atoms with Crippen molar-refractivity contribution in [3.63, 3.8) is 0 Å². The maximum atomic E-state index is 12.3. The van der Waals surface area contributed by atoms with Crippen molar-refractivity contribution in [3.8, 4) is 11.5 Å². The summed E-state index contributed by atoms with van der Waals surface area (Å²) >= 11 is 0. The number of benzene rings is 2. The van der Waals surface area contributed by atoms with Gasteiger partial charge in [-0.3, -0.25) is 4.79 Å². The Balaban J connectivity index is 2.02. The summed E-state index contributed by atoms with van der Waals surface area (Å²) in [5, 5.41) is 2.66. The highest BCUT2D eigenvalue weighted by atomic mass is 32.2. The summed E-state index contributed by atoms with van der Waals surface area (Å²) < 4.78 is 34.8. The monoisotopic (exact) mass is 363 g/mol. The van der Waals surface area contributed by atoms with Crippen LogP contribution in [0.4, 0.5) is 5.69 Å². The lowest BCUT2D eigenvalue weighted by Crippen LogP contribution is -2.17. The van der Waals surface area contributed by atoms with Crippen LogP contribution in [0.1, 0.15) is 12.0 Å². The molecular formula is C18H21NO5S. The molecule has 0 saturated carbocycles. The molecule has 0 spiro atoms. The van der Waals surface area contributed by atoms with Gasteiger partial charge >= 0.3 is 0 Å². The van der Waals surface area contributed by atoms with Gasteiger partial charge in [-0.05, 0) is 19.1 Å². The molecule has 2 aromatic carbocycles. The number of carbonyl (C=O) groups is 1. The third-order valence-corrected chi connectivity index (χ3v) is 5.35. The molecule has 0 unspecified atom stereocenters. The van der Waals surface area contributed by atoms with Gasteiger partial charge in [0.25, 0.3) is 0 Å². The molecule has 0 aliphatic rings. The first-order valence-corrected chi connectivity index (χ1v) is 9.31. The van der Waals surface area contributed by atoms with Crippen LogP contribution in [-0.2, 0) is 14.6 Å². The molecule has 0 radical (unpaired) electrons. The fourth-order valence-electron chi connectivity index (χ4n) is 2.19. The lowest BCUT2D eigenvalue weighted by molar-refractivity contribution is -0.115. The van der Waals surface area contributed by atoms with Crippen LogP contribution in [-0.4, -0.2) is 34.3 Å². The molecular weight excluding hydrogens is 342 g/mol. The van der Waals surface area contributed by atoms with Crippen molar-refractivity contribution >= 4 is 21.4 Å². The van der Waals surface area contributed by atoms with Crippen LogP contribution in [0, 0.1) is 6.92 Å². The standard InChI is InChI=1S/C18H21NO5S/c1-13-4-6-17(7-5-13)25(21,22)9-8-18(20)19-14-10-15(23-2)12-16(11-14)24-3/h4-7,10-12H,8-9H2,1-3H3,(H,19,20). The highest BCUT2D eigenvalue weighted by molar-refractivity contribution is 7.91. The van der Waals surface area contributed by atoms with Gasteiger partial charge in [0.2, 0.25) is 5.91 Å². The minimum Gasteiger partial charge on any atom is -0.497 e. The highest BCUT2D eigenvalue weighted by Gasteiger charge is 2.16. The van der Waals surface area contributed by atoms with E-state index in [4.69, 9.17) is 9.47 Å². The molecule has 2 rings (SSSR count). The number of ether oxygens (including phenoxy) is 2. The zero-order chi connectivity index (χ0) is 18.4. The number of hydrogen-bond donors (Lipinski definition) is 1. The number of rotatable bonds is 7. The Kier molecular flexibility index (Phi) is 6.03. The van der Waals surface area contributed by atoms with Crippen LogP contribution in [0.25, 0.3) is 0 Å². The Morgan fingerprint density at radius 2 is 1.56 bits per heavy atom. The largest absolute Gasteiger partial charge is 0.497 e. The number of nitrogens with one attached hydrogen (secondary N) is 1. The van der Waals surface area contributed by atoms with E-state index < -0.39 is 15.7 Å². The summed E-state index contributed by atoms with van der Waals surface area (Å²) in [4.78, 5) is 12.3. The summed E-state index contributed by atoms with van der Waals surface area (Å²) in [6.07, 6.45) is -0.143.